The summed E-state index contributed by atoms with van der Waals surface area (Å²) in [7, 11) is 0. The van der Waals surface area contributed by atoms with Gasteiger partial charge in [0.05, 0.1) is 6.04 Å². The van der Waals surface area contributed by atoms with E-state index in [1.807, 2.05) is 6.08 Å². The Balaban J connectivity index is 1.87. The Bertz CT molecular complexity index is 567. The van der Waals surface area contributed by atoms with E-state index in [1.54, 1.807) is 19.9 Å². The molecule has 3 rings (SSSR count). The molecule has 0 aromatic rings. The summed E-state index contributed by atoms with van der Waals surface area (Å²) in [6.07, 6.45) is 3.35. The van der Waals surface area contributed by atoms with Crippen molar-refractivity contribution in [2.24, 2.45) is 5.92 Å². The Morgan fingerprint density at radius 1 is 1.39 bits per heavy atom. The van der Waals surface area contributed by atoms with Crippen molar-refractivity contribution in [3.8, 4) is 0 Å². The van der Waals surface area contributed by atoms with E-state index in [-0.39, 0.29) is 31.1 Å². The highest BCUT2D eigenvalue weighted by molar-refractivity contribution is 5.88. The minimum absolute atomic E-state index is 0.0150. The van der Waals surface area contributed by atoms with E-state index in [1.165, 1.54) is 0 Å². The highest BCUT2D eigenvalue weighted by atomic mass is 16.6. The molecule has 0 unspecified atom stereocenters. The van der Waals surface area contributed by atoms with Crippen LogP contribution in [-0.4, -0.2) is 59.9 Å². The number of esters is 2. The topological polar surface area (TPSA) is 76.1 Å². The number of rotatable bonds is 0. The van der Waals surface area contributed by atoms with Crippen LogP contribution in [-0.2, 0) is 19.1 Å². The maximum absolute atomic E-state index is 12.4. The lowest BCUT2D eigenvalue weighted by Gasteiger charge is -2.26. The molecule has 0 saturated carbocycles. The number of allylic oxidation sites excluding steroid dienone is 1. The molecule has 0 aromatic heterocycles. The minimum Gasteiger partial charge on any atom is -0.459 e. The van der Waals surface area contributed by atoms with Gasteiger partial charge in [0, 0.05) is 18.7 Å². The van der Waals surface area contributed by atoms with Gasteiger partial charge in [-0.15, -0.1) is 0 Å². The Morgan fingerprint density at radius 3 is 2.91 bits per heavy atom. The average molecular weight is 321 g/mol. The molecule has 2 fully saturated rings. The molecule has 0 spiro atoms. The van der Waals surface area contributed by atoms with Gasteiger partial charge in [0.15, 0.2) is 6.10 Å². The first-order chi connectivity index (χ1) is 11.0. The van der Waals surface area contributed by atoms with Gasteiger partial charge in [-0.1, -0.05) is 19.1 Å². The minimum atomic E-state index is -1.24. The molecule has 0 amide bonds. The summed E-state index contributed by atoms with van der Waals surface area (Å²) in [5.41, 5.74) is 1.45. The van der Waals surface area contributed by atoms with Crippen LogP contribution in [0.25, 0.3) is 0 Å². The maximum Gasteiger partial charge on any atom is 0.335 e. The predicted octanol–water partition coefficient (Wildman–Crippen LogP) is 0.803. The van der Waals surface area contributed by atoms with Gasteiger partial charge in [-0.05, 0) is 31.3 Å². The smallest absolute Gasteiger partial charge is 0.335 e. The standard InChI is InChI=1S/C17H23NO5/c1-3-11-8-10(2)15(19)17(21)22-9-12-4-6-18-7-5-13(14(12)18)23-16(11)20/h3-4,10,13-15,19H,5-9H2,1-2H3/b11-3+/t10-,13-,14+,15+/m1/s1. The highest BCUT2D eigenvalue weighted by Crippen LogP contribution is 2.32. The molecule has 0 radical (unpaired) electrons. The largest absolute Gasteiger partial charge is 0.459 e. The third-order valence-corrected chi connectivity index (χ3v) is 4.99. The van der Waals surface area contributed by atoms with Crippen molar-refractivity contribution < 1.29 is 24.2 Å². The van der Waals surface area contributed by atoms with Gasteiger partial charge in [-0.3, -0.25) is 4.90 Å². The van der Waals surface area contributed by atoms with Crippen LogP contribution in [0.5, 0.6) is 0 Å². The molecule has 0 bridgehead atoms. The Morgan fingerprint density at radius 2 is 2.17 bits per heavy atom. The number of carbonyl (C=O) groups excluding carboxylic acids is 2. The van der Waals surface area contributed by atoms with Gasteiger partial charge in [-0.2, -0.15) is 0 Å². The Kier molecular flexibility index (Phi) is 4.55. The summed E-state index contributed by atoms with van der Waals surface area (Å²) < 4.78 is 11.0. The number of aliphatic hydroxyl groups is 1. The fourth-order valence-corrected chi connectivity index (χ4v) is 3.59. The van der Waals surface area contributed by atoms with Gasteiger partial charge >= 0.3 is 11.9 Å². The second-order valence-corrected chi connectivity index (χ2v) is 6.50. The molecule has 6 heteroatoms. The highest BCUT2D eigenvalue weighted by Gasteiger charge is 2.42. The zero-order valence-corrected chi connectivity index (χ0v) is 13.5. The van der Waals surface area contributed by atoms with Crippen molar-refractivity contribution in [1.29, 1.82) is 0 Å². The first-order valence-electron chi connectivity index (χ1n) is 8.15. The predicted molar refractivity (Wildman–Crippen MR) is 82.4 cm³/mol. The molecular formula is C17H23NO5. The third-order valence-electron chi connectivity index (χ3n) is 4.99. The molecule has 2 saturated heterocycles. The number of hydrogen-bond acceptors (Lipinski definition) is 6. The Hall–Kier alpha value is -1.66. The number of hydrogen-bond donors (Lipinski definition) is 1. The maximum atomic E-state index is 12.4. The molecule has 126 valence electrons. The number of aliphatic hydroxyl groups excluding tert-OH is 1. The summed E-state index contributed by atoms with van der Waals surface area (Å²) in [6, 6.07) is -0.0150. The number of carbonyl (C=O) groups is 2. The van der Waals surface area contributed by atoms with Crippen LogP contribution in [0.15, 0.2) is 23.3 Å². The lowest BCUT2D eigenvalue weighted by Crippen LogP contribution is -2.38. The van der Waals surface area contributed by atoms with E-state index in [4.69, 9.17) is 9.47 Å². The van der Waals surface area contributed by atoms with Crippen LogP contribution in [0, 0.1) is 5.92 Å². The van der Waals surface area contributed by atoms with Gasteiger partial charge in [0.25, 0.3) is 0 Å². The van der Waals surface area contributed by atoms with Gasteiger partial charge in [-0.25, -0.2) is 9.59 Å². The molecule has 0 aromatic carbocycles. The van der Waals surface area contributed by atoms with Crippen LogP contribution >= 0.6 is 0 Å². The lowest BCUT2D eigenvalue weighted by molar-refractivity contribution is -0.156. The summed E-state index contributed by atoms with van der Waals surface area (Å²) in [6.45, 7) is 5.28. The van der Waals surface area contributed by atoms with Crippen LogP contribution in [0.3, 0.4) is 0 Å². The molecule has 3 aliphatic rings. The molecule has 6 nitrogen and oxygen atoms in total. The van der Waals surface area contributed by atoms with Crippen LogP contribution in [0.1, 0.15) is 26.7 Å². The van der Waals surface area contributed by atoms with Crippen molar-refractivity contribution in [1.82, 2.24) is 4.90 Å². The van der Waals surface area contributed by atoms with E-state index in [0.29, 0.717) is 5.57 Å². The van der Waals surface area contributed by atoms with E-state index < -0.39 is 18.0 Å². The second kappa shape index (κ2) is 6.45. The van der Waals surface area contributed by atoms with Gasteiger partial charge < -0.3 is 14.6 Å². The van der Waals surface area contributed by atoms with Crippen molar-refractivity contribution in [2.75, 3.05) is 19.7 Å². The summed E-state index contributed by atoms with van der Waals surface area (Å²) >= 11 is 0. The molecular weight excluding hydrogens is 298 g/mol. The van der Waals surface area contributed by atoms with Crippen LogP contribution in [0.4, 0.5) is 0 Å². The fourth-order valence-electron chi connectivity index (χ4n) is 3.59. The monoisotopic (exact) mass is 321 g/mol. The summed E-state index contributed by atoms with van der Waals surface area (Å²) in [4.78, 5) is 26.7. The summed E-state index contributed by atoms with van der Waals surface area (Å²) in [5.74, 6) is -1.39. The lowest BCUT2D eigenvalue weighted by atomic mass is 9.95. The van der Waals surface area contributed by atoms with Crippen molar-refractivity contribution in [3.05, 3.63) is 23.3 Å². The first-order valence-corrected chi connectivity index (χ1v) is 8.15. The van der Waals surface area contributed by atoms with E-state index >= 15 is 0 Å². The third kappa shape index (κ3) is 3.05. The second-order valence-electron chi connectivity index (χ2n) is 6.50. The first kappa shape index (κ1) is 16.2. The SMILES string of the molecule is C/C=C1\C[C@@H](C)[C@H](O)C(=O)OCC2=CCN3CC[C@@H](OC1=O)[C@H]23. The number of nitrogens with zero attached hydrogens (tertiary/aromatic N) is 1. The van der Waals surface area contributed by atoms with Gasteiger partial charge in [0.2, 0.25) is 0 Å². The molecule has 3 heterocycles. The average Bonchev–Trinajstić information content (AvgIpc) is 3.11. The van der Waals surface area contributed by atoms with E-state index in [9.17, 15) is 14.7 Å². The zero-order valence-electron chi connectivity index (χ0n) is 13.5. The normalized spacial score (nSPS) is 37.5. The fraction of sp³-hybridized carbons (Fsp3) is 0.647. The van der Waals surface area contributed by atoms with E-state index in [0.717, 1.165) is 25.1 Å². The number of ether oxygens (including phenoxy) is 2. The van der Waals surface area contributed by atoms with Crippen molar-refractivity contribution in [3.63, 3.8) is 0 Å². The van der Waals surface area contributed by atoms with E-state index in [2.05, 4.69) is 4.90 Å². The van der Waals surface area contributed by atoms with Crippen LogP contribution < -0.4 is 0 Å². The zero-order chi connectivity index (χ0) is 16.6. The van der Waals surface area contributed by atoms with Gasteiger partial charge in [0.1, 0.15) is 12.7 Å². The molecule has 3 aliphatic heterocycles. The summed E-state index contributed by atoms with van der Waals surface area (Å²) in [5, 5.41) is 10.1. The molecule has 1 N–H and O–H groups in total. The number of cyclic esters (lactones) is 1. The quantitative estimate of drug-likeness (QED) is 0.404. The Labute approximate surface area is 135 Å². The van der Waals surface area contributed by atoms with Crippen molar-refractivity contribution >= 4 is 11.9 Å². The molecule has 23 heavy (non-hydrogen) atoms. The molecule has 4 atom stereocenters. The van der Waals surface area contributed by atoms with Crippen molar-refractivity contribution in [2.45, 2.75) is 44.9 Å². The molecule has 0 aliphatic carbocycles. The van der Waals surface area contributed by atoms with Crippen LogP contribution in [0.2, 0.25) is 0 Å².